The zero-order valence-corrected chi connectivity index (χ0v) is 37.5. The summed E-state index contributed by atoms with van der Waals surface area (Å²) in [7, 11) is 0. The van der Waals surface area contributed by atoms with Crippen molar-refractivity contribution in [2.24, 2.45) is 0 Å². The van der Waals surface area contributed by atoms with Crippen molar-refractivity contribution in [2.75, 3.05) is 13.2 Å². The van der Waals surface area contributed by atoms with Crippen molar-refractivity contribution in [3.05, 3.63) is 0 Å². The van der Waals surface area contributed by atoms with Crippen LogP contribution >= 0.6 is 11.8 Å². The van der Waals surface area contributed by atoms with Gasteiger partial charge in [0, 0.05) is 23.7 Å². The second kappa shape index (κ2) is 39.1. The van der Waals surface area contributed by atoms with Gasteiger partial charge in [0.1, 0.15) is 0 Å². The minimum atomic E-state index is 0.586. The molecular weight excluding hydrogens is 665 g/mol. The lowest BCUT2D eigenvalue weighted by Crippen LogP contribution is -2.18. The van der Waals surface area contributed by atoms with E-state index < -0.39 is 0 Å². The summed E-state index contributed by atoms with van der Waals surface area (Å²) in [5.74, 6) is 0. The van der Waals surface area contributed by atoms with Gasteiger partial charge in [0.25, 0.3) is 0 Å². The number of hydrogen-bond donors (Lipinski definition) is 0. The Morgan fingerprint density at radius 1 is 0.358 bits per heavy atom. The van der Waals surface area contributed by atoms with Crippen LogP contribution in [0.25, 0.3) is 0 Å². The summed E-state index contributed by atoms with van der Waals surface area (Å²) in [6.45, 7) is 6.72. The lowest BCUT2D eigenvalue weighted by molar-refractivity contribution is 0.00964. The van der Waals surface area contributed by atoms with Gasteiger partial charge in [-0.15, -0.1) is 0 Å². The molecule has 0 saturated carbocycles. The third kappa shape index (κ3) is 32.0. The molecule has 0 aromatic heterocycles. The van der Waals surface area contributed by atoms with Crippen LogP contribution < -0.4 is 0 Å². The van der Waals surface area contributed by atoms with E-state index in [0.717, 1.165) is 23.7 Å². The zero-order valence-electron chi connectivity index (χ0n) is 36.6. The predicted molar refractivity (Wildman–Crippen MR) is 240 cm³/mol. The van der Waals surface area contributed by atoms with Gasteiger partial charge in [-0.05, 0) is 77.0 Å². The van der Waals surface area contributed by atoms with Gasteiger partial charge in [0.15, 0.2) is 0 Å². The molecule has 2 aliphatic heterocycles. The number of hydrogen-bond acceptors (Lipinski definition) is 3. The Labute approximate surface area is 339 Å². The van der Waals surface area contributed by atoms with Gasteiger partial charge in [-0.2, -0.15) is 11.8 Å². The van der Waals surface area contributed by atoms with Gasteiger partial charge in [0.05, 0.1) is 12.2 Å². The molecule has 4 atom stereocenters. The monoisotopic (exact) mass is 763 g/mol. The Morgan fingerprint density at radius 2 is 0.642 bits per heavy atom. The summed E-state index contributed by atoms with van der Waals surface area (Å²) in [4.78, 5) is 0. The molecule has 0 radical (unpaired) electrons. The Bertz CT molecular complexity index is 644. The fourth-order valence-corrected chi connectivity index (χ4v) is 10.9. The van der Waals surface area contributed by atoms with Gasteiger partial charge in [0.2, 0.25) is 0 Å². The van der Waals surface area contributed by atoms with Crippen LogP contribution in [-0.2, 0) is 9.47 Å². The maximum atomic E-state index is 5.94. The molecule has 0 spiro atoms. The topological polar surface area (TPSA) is 18.5 Å². The largest absolute Gasteiger partial charge is 0.378 e. The molecule has 0 aliphatic carbocycles. The first-order valence-corrected chi connectivity index (χ1v) is 26.1. The van der Waals surface area contributed by atoms with Crippen LogP contribution in [0.3, 0.4) is 0 Å². The standard InChI is InChI=1S/C50H98O2S/c1-3-5-7-9-15-23-29-41-49(43-31-25-19-13-11-17-21-27-37-47-39-33-35-45-51-47)53-50(42-30-24-16-10-8-6-4-2)44-32-26-20-14-12-18-22-28-38-48-40-34-36-46-52-48/h47-50H,3-46H2,1-2H3. The first-order chi connectivity index (χ1) is 26.3. The van der Waals surface area contributed by atoms with Crippen LogP contribution in [0.1, 0.15) is 284 Å². The molecule has 0 amide bonds. The van der Waals surface area contributed by atoms with Crippen molar-refractivity contribution in [3.8, 4) is 0 Å². The number of rotatable bonds is 40. The van der Waals surface area contributed by atoms with E-state index in [1.807, 2.05) is 0 Å². The molecule has 2 fully saturated rings. The average molecular weight is 763 g/mol. The molecule has 53 heavy (non-hydrogen) atoms. The second-order valence-corrected chi connectivity index (χ2v) is 19.6. The average Bonchev–Trinajstić information content (AvgIpc) is 3.19. The van der Waals surface area contributed by atoms with E-state index in [4.69, 9.17) is 9.47 Å². The quantitative estimate of drug-likeness (QED) is 0.0579. The first-order valence-electron chi connectivity index (χ1n) is 25.2. The third-order valence-corrected chi connectivity index (χ3v) is 14.5. The third-order valence-electron chi connectivity index (χ3n) is 12.8. The van der Waals surface area contributed by atoms with Crippen molar-refractivity contribution >= 4 is 11.8 Å². The van der Waals surface area contributed by atoms with E-state index in [9.17, 15) is 0 Å². The van der Waals surface area contributed by atoms with Crippen molar-refractivity contribution in [2.45, 2.75) is 306 Å². The molecule has 316 valence electrons. The van der Waals surface area contributed by atoms with Crippen LogP contribution in [0.4, 0.5) is 0 Å². The van der Waals surface area contributed by atoms with E-state index in [0.29, 0.717) is 12.2 Å². The van der Waals surface area contributed by atoms with Crippen molar-refractivity contribution in [1.29, 1.82) is 0 Å². The van der Waals surface area contributed by atoms with Crippen LogP contribution in [0.15, 0.2) is 0 Å². The molecule has 0 N–H and O–H groups in total. The van der Waals surface area contributed by atoms with E-state index in [1.165, 1.54) is 270 Å². The fraction of sp³-hybridized carbons (Fsp3) is 1.00. The summed E-state index contributed by atoms with van der Waals surface area (Å²) in [6, 6.07) is 0. The molecular formula is C50H98O2S. The summed E-state index contributed by atoms with van der Waals surface area (Å²) in [5.41, 5.74) is 0. The molecule has 0 aromatic carbocycles. The number of thioether (sulfide) groups is 1. The summed E-state index contributed by atoms with van der Waals surface area (Å²) < 4.78 is 11.9. The first kappa shape index (κ1) is 49.4. The van der Waals surface area contributed by atoms with Gasteiger partial charge in [-0.25, -0.2) is 0 Å². The Kier molecular flexibility index (Phi) is 36.5. The molecule has 2 nitrogen and oxygen atoms in total. The van der Waals surface area contributed by atoms with Crippen molar-refractivity contribution in [1.82, 2.24) is 0 Å². The van der Waals surface area contributed by atoms with Crippen molar-refractivity contribution in [3.63, 3.8) is 0 Å². The maximum Gasteiger partial charge on any atom is 0.0575 e. The zero-order chi connectivity index (χ0) is 37.5. The maximum absolute atomic E-state index is 5.94. The van der Waals surface area contributed by atoms with Crippen LogP contribution in [-0.4, -0.2) is 35.9 Å². The lowest BCUT2D eigenvalue weighted by atomic mass is 10.0. The molecule has 0 bridgehead atoms. The highest BCUT2D eigenvalue weighted by atomic mass is 32.2. The van der Waals surface area contributed by atoms with Crippen LogP contribution in [0, 0.1) is 0 Å². The molecule has 2 aliphatic rings. The number of ether oxygens (including phenoxy) is 2. The normalized spacial score (nSPS) is 19.1. The van der Waals surface area contributed by atoms with Crippen LogP contribution in [0.5, 0.6) is 0 Å². The number of unbranched alkanes of at least 4 members (excludes halogenated alkanes) is 26. The molecule has 0 aromatic rings. The van der Waals surface area contributed by atoms with Gasteiger partial charge in [-0.3, -0.25) is 0 Å². The Morgan fingerprint density at radius 3 is 0.925 bits per heavy atom. The lowest BCUT2D eigenvalue weighted by Gasteiger charge is -2.24. The highest BCUT2D eigenvalue weighted by Gasteiger charge is 2.18. The highest BCUT2D eigenvalue weighted by Crippen LogP contribution is 2.34. The minimum Gasteiger partial charge on any atom is -0.378 e. The van der Waals surface area contributed by atoms with E-state index in [2.05, 4.69) is 25.6 Å². The smallest absolute Gasteiger partial charge is 0.0575 e. The SMILES string of the molecule is CCCCCCCCCC(CCCCCCCCCCC1CCCCO1)SC(CCCCCCCCC)CCCCCCCCCCC1CCCCO1. The molecule has 2 saturated heterocycles. The van der Waals surface area contributed by atoms with Crippen molar-refractivity contribution < 1.29 is 9.47 Å². The Balaban J connectivity index is 1.67. The summed E-state index contributed by atoms with van der Waals surface area (Å²) >= 11 is 2.49. The van der Waals surface area contributed by atoms with Gasteiger partial charge < -0.3 is 9.47 Å². The van der Waals surface area contributed by atoms with E-state index in [-0.39, 0.29) is 0 Å². The van der Waals surface area contributed by atoms with E-state index >= 15 is 0 Å². The Hall–Kier alpha value is 0.270. The minimum absolute atomic E-state index is 0.586. The summed E-state index contributed by atoms with van der Waals surface area (Å²) in [5, 5.41) is 1.84. The molecule has 2 heterocycles. The van der Waals surface area contributed by atoms with E-state index in [1.54, 1.807) is 0 Å². The highest BCUT2D eigenvalue weighted by molar-refractivity contribution is 8.00. The second-order valence-electron chi connectivity index (χ2n) is 18.0. The predicted octanol–water partition coefficient (Wildman–Crippen LogP) is 17.7. The fourth-order valence-electron chi connectivity index (χ4n) is 9.17. The molecule has 3 heteroatoms. The molecule has 4 unspecified atom stereocenters. The van der Waals surface area contributed by atoms with Gasteiger partial charge >= 0.3 is 0 Å². The van der Waals surface area contributed by atoms with Gasteiger partial charge in [-0.1, -0.05) is 206 Å². The molecule has 2 rings (SSSR count). The van der Waals surface area contributed by atoms with Crippen LogP contribution in [0.2, 0.25) is 0 Å². The summed E-state index contributed by atoms with van der Waals surface area (Å²) in [6.07, 6.45) is 61.2.